The van der Waals surface area contributed by atoms with Crippen LogP contribution in [0.3, 0.4) is 0 Å². The molecule has 3 aromatic rings. The highest BCUT2D eigenvalue weighted by Gasteiger charge is 2.40. The molecule has 0 bridgehead atoms. The molecule has 9 heteroatoms. The number of nitrogens with zero attached hydrogens (tertiary/aromatic N) is 3. The summed E-state index contributed by atoms with van der Waals surface area (Å²) < 4.78 is 0.918. The minimum atomic E-state index is -0.489. The molecule has 2 heterocycles. The number of carbonyl (C=O) groups is 2. The molecule has 1 aromatic heterocycles. The maximum Gasteiger partial charge on any atom is 0.254 e. The summed E-state index contributed by atoms with van der Waals surface area (Å²) in [5.41, 5.74) is 8.10. The van der Waals surface area contributed by atoms with Gasteiger partial charge < -0.3 is 21.2 Å². The molecule has 1 unspecified atom stereocenters. The highest BCUT2D eigenvalue weighted by molar-refractivity contribution is 7.99. The average Bonchev–Trinajstić information content (AvgIpc) is 3.38. The van der Waals surface area contributed by atoms with Gasteiger partial charge in [0.1, 0.15) is 6.04 Å². The lowest BCUT2D eigenvalue weighted by Crippen LogP contribution is -2.42. The fourth-order valence-electron chi connectivity index (χ4n) is 4.59. The number of amides is 2. The van der Waals surface area contributed by atoms with Gasteiger partial charge in [0.05, 0.1) is 29.9 Å². The van der Waals surface area contributed by atoms with Crippen LogP contribution in [-0.4, -0.2) is 58.1 Å². The zero-order valence-electron chi connectivity index (χ0n) is 20.5. The molecule has 2 amide bonds. The second-order valence-electron chi connectivity index (χ2n) is 9.85. The van der Waals surface area contributed by atoms with E-state index in [9.17, 15) is 20.1 Å². The summed E-state index contributed by atoms with van der Waals surface area (Å²) in [7, 11) is 0. The minimum absolute atomic E-state index is 0.137. The first-order valence-electron chi connectivity index (χ1n) is 12.0. The zero-order chi connectivity index (χ0) is 25.9. The molecule has 1 fully saturated rings. The molecule has 188 valence electrons. The number of nitrogens with two attached hydrogens (primary N) is 1. The van der Waals surface area contributed by atoms with Crippen LogP contribution < -0.4 is 11.1 Å². The van der Waals surface area contributed by atoms with Gasteiger partial charge in [0.25, 0.3) is 5.91 Å². The third-order valence-electron chi connectivity index (χ3n) is 6.42. The maximum atomic E-state index is 13.0. The summed E-state index contributed by atoms with van der Waals surface area (Å²) in [4.78, 5) is 28.5. The van der Waals surface area contributed by atoms with Crippen molar-refractivity contribution in [2.45, 2.75) is 37.6 Å². The lowest BCUT2D eigenvalue weighted by atomic mass is 9.91. The van der Waals surface area contributed by atoms with Crippen LogP contribution in [0.15, 0.2) is 53.6 Å². The number of benzene rings is 2. The molecule has 1 atom stereocenters. The van der Waals surface area contributed by atoms with Crippen molar-refractivity contribution in [2.75, 3.05) is 25.4 Å². The molecular formula is C27H31N5O3S. The molecule has 4 N–H and O–H groups in total. The van der Waals surface area contributed by atoms with Crippen molar-refractivity contribution in [1.29, 1.82) is 5.26 Å². The van der Waals surface area contributed by atoms with E-state index in [2.05, 4.69) is 23.5 Å². The first-order chi connectivity index (χ1) is 17.2. The van der Waals surface area contributed by atoms with E-state index >= 15 is 0 Å². The van der Waals surface area contributed by atoms with Crippen LogP contribution in [0.5, 0.6) is 0 Å². The van der Waals surface area contributed by atoms with Crippen molar-refractivity contribution in [3.8, 4) is 17.2 Å². The summed E-state index contributed by atoms with van der Waals surface area (Å²) in [6.07, 6.45) is 2.92. The number of likely N-dealkylation sites (tertiary alicyclic amines) is 1. The zero-order valence-corrected chi connectivity index (χ0v) is 21.3. The first-order valence-corrected chi connectivity index (χ1v) is 13.0. The van der Waals surface area contributed by atoms with Gasteiger partial charge in [-0.1, -0.05) is 32.0 Å². The third kappa shape index (κ3) is 5.50. The predicted octanol–water partition coefficient (Wildman–Crippen LogP) is 3.87. The maximum absolute atomic E-state index is 13.0. The Kier molecular flexibility index (Phi) is 7.57. The van der Waals surface area contributed by atoms with Crippen molar-refractivity contribution >= 4 is 34.5 Å². The van der Waals surface area contributed by atoms with Gasteiger partial charge >= 0.3 is 0 Å². The number of hydrogen-bond acceptors (Lipinski definition) is 6. The van der Waals surface area contributed by atoms with Gasteiger partial charge in [0.2, 0.25) is 5.91 Å². The van der Waals surface area contributed by atoms with E-state index in [0.29, 0.717) is 30.4 Å². The third-order valence-corrected chi connectivity index (χ3v) is 7.52. The molecule has 8 nitrogen and oxygen atoms in total. The van der Waals surface area contributed by atoms with Crippen LogP contribution in [0.4, 0.5) is 0 Å². The minimum Gasteiger partial charge on any atom is -0.428 e. The van der Waals surface area contributed by atoms with Crippen molar-refractivity contribution in [3.05, 3.63) is 54.2 Å². The Hall–Kier alpha value is -3.48. The Balaban J connectivity index is 1.49. The topological polar surface area (TPSA) is 124 Å². The van der Waals surface area contributed by atoms with Crippen molar-refractivity contribution in [1.82, 2.24) is 14.9 Å². The van der Waals surface area contributed by atoms with Gasteiger partial charge in [-0.3, -0.25) is 9.59 Å². The Bertz CT molecular complexity index is 1310. The summed E-state index contributed by atoms with van der Waals surface area (Å²) >= 11 is 1.76. The monoisotopic (exact) mass is 505 g/mol. The summed E-state index contributed by atoms with van der Waals surface area (Å²) in [5, 5.41) is 23.0. The highest BCUT2D eigenvalue weighted by atomic mass is 32.2. The number of thioether (sulfide) groups is 1. The quantitative estimate of drug-likeness (QED) is 0.243. The van der Waals surface area contributed by atoms with Crippen molar-refractivity contribution in [2.24, 2.45) is 11.1 Å². The number of nitrogens with one attached hydrogen (secondary N) is 1. The van der Waals surface area contributed by atoms with Crippen LogP contribution in [-0.2, 0) is 4.79 Å². The molecule has 1 aliphatic heterocycles. The average molecular weight is 506 g/mol. The van der Waals surface area contributed by atoms with Crippen LogP contribution in [0.2, 0.25) is 0 Å². The molecule has 0 saturated carbocycles. The number of fused-ring (bicyclic) bond motifs is 1. The first kappa shape index (κ1) is 25.6. The van der Waals surface area contributed by atoms with Gasteiger partial charge in [-0.2, -0.15) is 9.99 Å². The highest BCUT2D eigenvalue weighted by Crippen LogP contribution is 2.33. The summed E-state index contributed by atoms with van der Waals surface area (Å²) in [6.45, 7) is 4.98. The fraction of sp³-hybridized carbons (Fsp3) is 0.370. The van der Waals surface area contributed by atoms with E-state index in [4.69, 9.17) is 5.73 Å². The van der Waals surface area contributed by atoms with E-state index in [-0.39, 0.29) is 23.4 Å². The van der Waals surface area contributed by atoms with E-state index in [0.717, 1.165) is 28.0 Å². The standard InChI is InChI=1S/C27H31N5O3S/c1-27(2)13-20(14-29)31(17-27)25(33)15-30-26(34)23-16-32(35)24-9-6-19(12-22(23)24)18-4-7-21(8-5-18)36-11-3-10-28/h4-9,12,16,20,35H,3,10-11,13,15,17,28H2,1-2H3,(H,30,34). The molecular weight excluding hydrogens is 474 g/mol. The normalized spacial score (nSPS) is 16.7. The Morgan fingerprint density at radius 2 is 1.94 bits per heavy atom. The second kappa shape index (κ2) is 10.6. The molecule has 4 rings (SSSR count). The Morgan fingerprint density at radius 3 is 2.64 bits per heavy atom. The van der Waals surface area contributed by atoms with Crippen LogP contribution in [0.25, 0.3) is 22.0 Å². The molecule has 2 aromatic carbocycles. The molecule has 36 heavy (non-hydrogen) atoms. The molecule has 0 aliphatic carbocycles. The van der Waals surface area contributed by atoms with E-state index in [1.165, 1.54) is 16.0 Å². The van der Waals surface area contributed by atoms with Crippen LogP contribution in [0.1, 0.15) is 37.0 Å². The number of aromatic nitrogens is 1. The SMILES string of the molecule is CC1(C)CC(C#N)N(C(=O)CNC(=O)c2cn(O)c3ccc(-c4ccc(SCCCN)cc4)cc23)C1. The van der Waals surface area contributed by atoms with Gasteiger partial charge in [-0.15, -0.1) is 11.8 Å². The number of nitriles is 1. The lowest BCUT2D eigenvalue weighted by Gasteiger charge is -2.21. The fourth-order valence-corrected chi connectivity index (χ4v) is 5.47. The van der Waals surface area contributed by atoms with E-state index in [1.54, 1.807) is 17.8 Å². The van der Waals surface area contributed by atoms with Gasteiger partial charge in [0.15, 0.2) is 0 Å². The largest absolute Gasteiger partial charge is 0.428 e. The molecule has 1 aliphatic rings. The number of hydrogen-bond donors (Lipinski definition) is 3. The van der Waals surface area contributed by atoms with Crippen molar-refractivity contribution in [3.63, 3.8) is 0 Å². The van der Waals surface area contributed by atoms with E-state index < -0.39 is 11.9 Å². The van der Waals surface area contributed by atoms with E-state index in [1.807, 2.05) is 38.1 Å². The Morgan fingerprint density at radius 1 is 1.22 bits per heavy atom. The second-order valence-corrected chi connectivity index (χ2v) is 11.0. The lowest BCUT2D eigenvalue weighted by molar-refractivity contribution is -0.130. The smallest absolute Gasteiger partial charge is 0.254 e. The predicted molar refractivity (Wildman–Crippen MR) is 141 cm³/mol. The summed E-state index contributed by atoms with van der Waals surface area (Å²) in [5.74, 6) is 0.217. The van der Waals surface area contributed by atoms with Gasteiger partial charge in [-0.25, -0.2) is 0 Å². The van der Waals surface area contributed by atoms with Gasteiger partial charge in [0, 0.05) is 16.8 Å². The number of rotatable bonds is 8. The molecule has 1 saturated heterocycles. The summed E-state index contributed by atoms with van der Waals surface area (Å²) in [6, 6.07) is 15.4. The van der Waals surface area contributed by atoms with Crippen molar-refractivity contribution < 1.29 is 14.8 Å². The number of carbonyl (C=O) groups excluding carboxylic acids is 2. The van der Waals surface area contributed by atoms with Crippen LogP contribution >= 0.6 is 11.8 Å². The molecule has 0 spiro atoms. The molecule has 0 radical (unpaired) electrons. The van der Waals surface area contributed by atoms with Crippen LogP contribution in [0, 0.1) is 16.7 Å². The Labute approximate surface area is 215 Å². The van der Waals surface area contributed by atoms with Gasteiger partial charge in [-0.05, 0) is 65.9 Å².